The molecule has 1 amide bonds. The second-order valence-electron chi connectivity index (χ2n) is 7.70. The first-order valence-electron chi connectivity index (χ1n) is 9.01. The summed E-state index contributed by atoms with van der Waals surface area (Å²) in [6.07, 6.45) is 3.04. The van der Waals surface area contributed by atoms with Crippen LogP contribution in [-0.4, -0.2) is 36.7 Å². The quantitative estimate of drug-likeness (QED) is 0.786. The van der Waals surface area contributed by atoms with E-state index >= 15 is 0 Å². The van der Waals surface area contributed by atoms with Crippen LogP contribution in [0.15, 0.2) is 21.7 Å². The van der Waals surface area contributed by atoms with Crippen molar-refractivity contribution in [3.05, 3.63) is 28.1 Å². The number of nitrogens with zero attached hydrogens (tertiary/aromatic N) is 2. The van der Waals surface area contributed by atoms with Crippen molar-refractivity contribution >= 4 is 43.7 Å². The molecule has 3 rings (SSSR count). The minimum Gasteiger partial charge on any atom is -0.302 e. The van der Waals surface area contributed by atoms with Crippen molar-refractivity contribution in [2.45, 2.75) is 56.1 Å². The number of carbonyl (C=O) groups excluding carboxylic acids is 1. The first kappa shape index (κ1) is 20.4. The fraction of sp³-hybridized carbons (Fsp3) is 0.556. The van der Waals surface area contributed by atoms with E-state index in [1.165, 1.54) is 22.7 Å². The lowest BCUT2D eigenvalue weighted by atomic mass is 9.93. The highest BCUT2D eigenvalue weighted by atomic mass is 32.2. The highest BCUT2D eigenvalue weighted by Gasteiger charge is 2.27. The minimum absolute atomic E-state index is 0.0645. The Morgan fingerprint density at radius 2 is 1.93 bits per heavy atom. The molecule has 0 aliphatic carbocycles. The largest absolute Gasteiger partial charge is 0.302 e. The minimum atomic E-state index is -3.44. The monoisotopic (exact) mass is 427 g/mol. The lowest BCUT2D eigenvalue weighted by Gasteiger charge is -2.25. The molecule has 1 aliphatic heterocycles. The highest BCUT2D eigenvalue weighted by molar-refractivity contribution is 7.91. The summed E-state index contributed by atoms with van der Waals surface area (Å²) >= 11 is 2.58. The summed E-state index contributed by atoms with van der Waals surface area (Å²) in [5, 5.41) is 5.33. The van der Waals surface area contributed by atoms with Gasteiger partial charge >= 0.3 is 0 Å². The molecule has 1 saturated heterocycles. The Bertz CT molecular complexity index is 904. The Labute approximate surface area is 168 Å². The van der Waals surface area contributed by atoms with Crippen LogP contribution in [0.4, 0.5) is 5.13 Å². The smallest absolute Gasteiger partial charge is 0.252 e. The molecule has 2 aromatic rings. The molecule has 0 saturated carbocycles. The van der Waals surface area contributed by atoms with Crippen LogP contribution in [0.3, 0.4) is 0 Å². The van der Waals surface area contributed by atoms with Gasteiger partial charge in [0.05, 0.1) is 12.1 Å². The van der Waals surface area contributed by atoms with Crippen LogP contribution in [0.2, 0.25) is 0 Å². The lowest BCUT2D eigenvalue weighted by Crippen LogP contribution is -2.35. The number of rotatable bonds is 5. The standard InChI is InChI=1S/C18H25N3O3S3/c1-18(2,3)14-12-25-17(19-14)20-15(22)11-13-7-8-16(26-13)27(23,24)21-9-5-4-6-10-21/h7-8,12H,4-6,9-11H2,1-3H3,(H,19,20,22). The predicted molar refractivity (Wildman–Crippen MR) is 110 cm³/mol. The summed E-state index contributed by atoms with van der Waals surface area (Å²) in [7, 11) is -3.44. The number of thiophene rings is 1. The number of piperidine rings is 1. The van der Waals surface area contributed by atoms with Crippen LogP contribution in [-0.2, 0) is 26.7 Å². The van der Waals surface area contributed by atoms with Crippen molar-refractivity contribution in [2.75, 3.05) is 18.4 Å². The zero-order valence-electron chi connectivity index (χ0n) is 15.8. The van der Waals surface area contributed by atoms with Crippen molar-refractivity contribution in [3.8, 4) is 0 Å². The van der Waals surface area contributed by atoms with Gasteiger partial charge in [0.15, 0.2) is 5.13 Å². The van der Waals surface area contributed by atoms with Gasteiger partial charge in [-0.3, -0.25) is 4.79 Å². The molecule has 9 heteroatoms. The first-order valence-corrected chi connectivity index (χ1v) is 12.1. The summed E-state index contributed by atoms with van der Waals surface area (Å²) < 4.78 is 27.3. The molecule has 1 fully saturated rings. The fourth-order valence-corrected chi connectivity index (χ4v) is 6.80. The van der Waals surface area contributed by atoms with Crippen molar-refractivity contribution in [2.24, 2.45) is 0 Å². The third-order valence-electron chi connectivity index (χ3n) is 4.40. The molecule has 0 aromatic carbocycles. The summed E-state index contributed by atoms with van der Waals surface area (Å²) in [4.78, 5) is 17.5. The third kappa shape index (κ3) is 4.96. The topological polar surface area (TPSA) is 79.4 Å². The molecule has 0 radical (unpaired) electrons. The fourth-order valence-electron chi connectivity index (χ4n) is 2.82. The number of aromatic nitrogens is 1. The van der Waals surface area contributed by atoms with Crippen LogP contribution in [0.5, 0.6) is 0 Å². The molecule has 3 heterocycles. The first-order chi connectivity index (χ1) is 12.7. The number of thiazole rings is 1. The van der Waals surface area contributed by atoms with E-state index < -0.39 is 10.0 Å². The Hall–Kier alpha value is -1.29. The third-order valence-corrected chi connectivity index (χ3v) is 8.61. The molecule has 6 nitrogen and oxygen atoms in total. The van der Waals surface area contributed by atoms with Crippen molar-refractivity contribution in [1.29, 1.82) is 0 Å². The van der Waals surface area contributed by atoms with E-state index in [1.54, 1.807) is 16.4 Å². The zero-order valence-corrected chi connectivity index (χ0v) is 18.3. The summed E-state index contributed by atoms with van der Waals surface area (Å²) in [5.41, 5.74) is 0.874. The maximum absolute atomic E-state index is 12.7. The zero-order chi connectivity index (χ0) is 19.7. The second-order valence-corrected chi connectivity index (χ2v) is 11.9. The van der Waals surface area contributed by atoms with Gasteiger partial charge in [0.25, 0.3) is 10.0 Å². The van der Waals surface area contributed by atoms with Crippen molar-refractivity contribution < 1.29 is 13.2 Å². The molecule has 0 spiro atoms. The van der Waals surface area contributed by atoms with Gasteiger partial charge in [-0.05, 0) is 25.0 Å². The molecule has 0 unspecified atom stereocenters. The predicted octanol–water partition coefficient (Wildman–Crippen LogP) is 3.86. The molecule has 148 valence electrons. The van der Waals surface area contributed by atoms with Gasteiger partial charge in [0, 0.05) is 28.8 Å². The van der Waals surface area contributed by atoms with Crippen molar-refractivity contribution in [3.63, 3.8) is 0 Å². The Morgan fingerprint density at radius 3 is 2.56 bits per heavy atom. The van der Waals surface area contributed by atoms with Crippen LogP contribution in [0.1, 0.15) is 50.6 Å². The molecule has 0 bridgehead atoms. The molecule has 1 N–H and O–H groups in total. The average Bonchev–Trinajstić information content (AvgIpc) is 3.25. The van der Waals surface area contributed by atoms with Crippen LogP contribution >= 0.6 is 22.7 Å². The second kappa shape index (κ2) is 7.98. The number of anilines is 1. The molecular formula is C18H25N3O3S3. The number of carbonyl (C=O) groups is 1. The van der Waals surface area contributed by atoms with E-state index in [9.17, 15) is 13.2 Å². The molecule has 2 aromatic heterocycles. The van der Waals surface area contributed by atoms with Gasteiger partial charge in [0.1, 0.15) is 4.21 Å². The van der Waals surface area contributed by atoms with Gasteiger partial charge in [-0.1, -0.05) is 27.2 Å². The average molecular weight is 428 g/mol. The van der Waals surface area contributed by atoms with Gasteiger partial charge in [-0.25, -0.2) is 13.4 Å². The van der Waals surface area contributed by atoms with E-state index in [2.05, 4.69) is 31.1 Å². The number of amides is 1. The van der Waals surface area contributed by atoms with E-state index in [1.807, 2.05) is 5.38 Å². The maximum Gasteiger partial charge on any atom is 0.252 e. The van der Waals surface area contributed by atoms with E-state index in [0.717, 1.165) is 29.8 Å². The van der Waals surface area contributed by atoms with Gasteiger partial charge in [-0.2, -0.15) is 4.31 Å². The number of hydrogen-bond acceptors (Lipinski definition) is 6. The summed E-state index contributed by atoms with van der Waals surface area (Å²) in [6, 6.07) is 3.34. The summed E-state index contributed by atoms with van der Waals surface area (Å²) in [5.74, 6) is -0.187. The molecule has 27 heavy (non-hydrogen) atoms. The summed E-state index contributed by atoms with van der Waals surface area (Å²) in [6.45, 7) is 7.38. The SMILES string of the molecule is CC(C)(C)c1csc(NC(=O)Cc2ccc(S(=O)(=O)N3CCCCC3)s2)n1. The Kier molecular flexibility index (Phi) is 6.05. The van der Waals surface area contributed by atoms with Crippen molar-refractivity contribution in [1.82, 2.24) is 9.29 Å². The highest BCUT2D eigenvalue weighted by Crippen LogP contribution is 2.29. The van der Waals surface area contributed by atoms with Gasteiger partial charge in [0.2, 0.25) is 5.91 Å². The van der Waals surface area contributed by atoms with E-state index in [-0.39, 0.29) is 17.7 Å². The Balaban J connectivity index is 1.63. The van der Waals surface area contributed by atoms with Crippen LogP contribution < -0.4 is 5.32 Å². The van der Waals surface area contributed by atoms with Crippen LogP contribution in [0, 0.1) is 0 Å². The maximum atomic E-state index is 12.7. The number of nitrogens with one attached hydrogen (secondary N) is 1. The molecule has 1 aliphatic rings. The van der Waals surface area contributed by atoms with Crippen LogP contribution in [0.25, 0.3) is 0 Å². The van der Waals surface area contributed by atoms with Gasteiger partial charge in [-0.15, -0.1) is 22.7 Å². The molecule has 0 atom stereocenters. The normalized spacial score (nSPS) is 16.4. The van der Waals surface area contributed by atoms with E-state index in [0.29, 0.717) is 22.4 Å². The lowest BCUT2D eigenvalue weighted by molar-refractivity contribution is -0.115. The number of sulfonamides is 1. The number of hydrogen-bond donors (Lipinski definition) is 1. The van der Waals surface area contributed by atoms with E-state index in [4.69, 9.17) is 0 Å². The molecular weight excluding hydrogens is 402 g/mol. The Morgan fingerprint density at radius 1 is 1.22 bits per heavy atom. The van der Waals surface area contributed by atoms with Gasteiger partial charge < -0.3 is 5.32 Å².